The van der Waals surface area contributed by atoms with Gasteiger partial charge in [-0.1, -0.05) is 18.2 Å². The van der Waals surface area contributed by atoms with Crippen molar-refractivity contribution in [1.29, 1.82) is 0 Å². The summed E-state index contributed by atoms with van der Waals surface area (Å²) in [5, 5.41) is 11.3. The normalized spacial score (nSPS) is 11.3. The number of benzene rings is 1. The van der Waals surface area contributed by atoms with Gasteiger partial charge in [-0.3, -0.25) is 4.76 Å². The van der Waals surface area contributed by atoms with E-state index in [-0.39, 0.29) is 0 Å². The molecular formula is C9H14N2O. The highest BCUT2D eigenvalue weighted by atomic mass is 16.6. The standard InChI is InChI=1S/C9H14N2O/c1-8-6-4-5-7-9(8)10-11(2,3)12/h4-7,10H,1-3H3. The van der Waals surface area contributed by atoms with Gasteiger partial charge in [0.15, 0.2) is 0 Å². The van der Waals surface area contributed by atoms with E-state index in [0.717, 1.165) is 11.3 Å². The minimum atomic E-state index is -0.509. The van der Waals surface area contributed by atoms with Crippen LogP contribution in [0.2, 0.25) is 0 Å². The average Bonchev–Trinajstić information content (AvgIpc) is 1.91. The first-order valence-corrected chi connectivity index (χ1v) is 3.88. The summed E-state index contributed by atoms with van der Waals surface area (Å²) in [7, 11) is 3.10. The average molecular weight is 166 g/mol. The lowest BCUT2D eigenvalue weighted by molar-refractivity contribution is -0.816. The second-order valence-electron chi connectivity index (χ2n) is 3.28. The van der Waals surface area contributed by atoms with E-state index >= 15 is 0 Å². The number of hydroxylamine groups is 2. The molecule has 0 atom stereocenters. The summed E-state index contributed by atoms with van der Waals surface area (Å²) in [5.74, 6) is 0. The molecule has 0 radical (unpaired) electrons. The van der Waals surface area contributed by atoms with Crippen molar-refractivity contribution in [3.8, 4) is 0 Å². The third kappa shape index (κ3) is 2.53. The molecule has 0 aliphatic carbocycles. The Hall–Kier alpha value is -1.06. The van der Waals surface area contributed by atoms with Crippen LogP contribution in [-0.4, -0.2) is 18.9 Å². The van der Waals surface area contributed by atoms with Crippen LogP contribution in [0.3, 0.4) is 0 Å². The molecule has 0 aliphatic heterocycles. The smallest absolute Gasteiger partial charge is 0.0901 e. The van der Waals surface area contributed by atoms with Gasteiger partial charge in [-0.25, -0.2) is 5.43 Å². The second-order valence-corrected chi connectivity index (χ2v) is 3.28. The summed E-state index contributed by atoms with van der Waals surface area (Å²) in [5.41, 5.74) is 4.80. The summed E-state index contributed by atoms with van der Waals surface area (Å²) in [6.45, 7) is 1.97. The fourth-order valence-corrected chi connectivity index (χ4v) is 0.988. The molecule has 0 saturated carbocycles. The van der Waals surface area contributed by atoms with Crippen LogP contribution in [0.5, 0.6) is 0 Å². The molecule has 0 spiro atoms. The second kappa shape index (κ2) is 3.13. The van der Waals surface area contributed by atoms with E-state index in [2.05, 4.69) is 5.43 Å². The summed E-state index contributed by atoms with van der Waals surface area (Å²) in [6.07, 6.45) is 0. The number of quaternary nitrogens is 1. The van der Waals surface area contributed by atoms with E-state index in [1.165, 1.54) is 0 Å². The van der Waals surface area contributed by atoms with Gasteiger partial charge in [0.05, 0.1) is 19.8 Å². The van der Waals surface area contributed by atoms with Crippen LogP contribution in [0.4, 0.5) is 5.69 Å². The maximum atomic E-state index is 11.3. The first-order valence-electron chi connectivity index (χ1n) is 3.88. The van der Waals surface area contributed by atoms with E-state index in [4.69, 9.17) is 0 Å². The van der Waals surface area contributed by atoms with Gasteiger partial charge in [0, 0.05) is 0 Å². The van der Waals surface area contributed by atoms with Crippen LogP contribution >= 0.6 is 0 Å². The third-order valence-corrected chi connectivity index (χ3v) is 1.53. The van der Waals surface area contributed by atoms with Crippen molar-refractivity contribution < 1.29 is 4.76 Å². The van der Waals surface area contributed by atoms with Crippen LogP contribution in [0.1, 0.15) is 5.56 Å². The molecule has 66 valence electrons. The number of hydrogen-bond acceptors (Lipinski definition) is 2. The van der Waals surface area contributed by atoms with Crippen LogP contribution in [0, 0.1) is 12.1 Å². The van der Waals surface area contributed by atoms with Crippen LogP contribution in [0.25, 0.3) is 0 Å². The van der Waals surface area contributed by atoms with Crippen molar-refractivity contribution in [3.05, 3.63) is 35.0 Å². The van der Waals surface area contributed by atoms with Gasteiger partial charge < -0.3 is 5.21 Å². The number of nitrogens with one attached hydrogen (secondary N) is 1. The van der Waals surface area contributed by atoms with Crippen molar-refractivity contribution in [2.75, 3.05) is 19.5 Å². The van der Waals surface area contributed by atoms with E-state index in [0.29, 0.717) is 0 Å². The first-order chi connectivity index (χ1) is 5.49. The summed E-state index contributed by atoms with van der Waals surface area (Å²) >= 11 is 0. The Bertz CT molecular complexity index is 265. The molecule has 1 aromatic carbocycles. The number of hydrogen-bond donors (Lipinski definition) is 1. The topological polar surface area (TPSA) is 35.1 Å². The first kappa shape index (κ1) is 9.03. The molecule has 1 N–H and O–H groups in total. The lowest BCUT2D eigenvalue weighted by atomic mass is 10.2. The number of aryl methyl sites for hydroxylation is 1. The zero-order valence-electron chi connectivity index (χ0n) is 7.66. The maximum Gasteiger partial charge on any atom is 0.0901 e. The van der Waals surface area contributed by atoms with Gasteiger partial charge in [-0.15, -0.1) is 0 Å². The highest BCUT2D eigenvalue weighted by molar-refractivity contribution is 5.48. The van der Waals surface area contributed by atoms with Crippen molar-refractivity contribution >= 4 is 5.69 Å². The zero-order chi connectivity index (χ0) is 9.19. The molecule has 0 bridgehead atoms. The quantitative estimate of drug-likeness (QED) is 0.538. The van der Waals surface area contributed by atoms with Crippen molar-refractivity contribution in [3.63, 3.8) is 0 Å². The lowest BCUT2D eigenvalue weighted by Gasteiger charge is -2.34. The predicted molar refractivity (Wildman–Crippen MR) is 50.3 cm³/mol. The Balaban J connectivity index is 2.83. The van der Waals surface area contributed by atoms with E-state index in [1.807, 2.05) is 31.2 Å². The molecule has 1 aromatic rings. The van der Waals surface area contributed by atoms with Gasteiger partial charge in [0.2, 0.25) is 0 Å². The SMILES string of the molecule is Cc1ccccc1N[N+](C)(C)[O-]. The van der Waals surface area contributed by atoms with Crippen molar-refractivity contribution in [1.82, 2.24) is 0 Å². The summed E-state index contributed by atoms with van der Waals surface area (Å²) in [6, 6.07) is 7.72. The minimum Gasteiger partial charge on any atom is -0.607 e. The minimum absolute atomic E-state index is 0.509. The molecule has 0 saturated heterocycles. The van der Waals surface area contributed by atoms with Crippen molar-refractivity contribution in [2.45, 2.75) is 6.92 Å². The largest absolute Gasteiger partial charge is 0.607 e. The number of nitrogens with zero attached hydrogens (tertiary/aromatic N) is 1. The van der Waals surface area contributed by atoms with E-state index in [1.54, 1.807) is 14.1 Å². The number of para-hydroxylation sites is 1. The molecule has 3 heteroatoms. The van der Waals surface area contributed by atoms with Crippen LogP contribution in [0.15, 0.2) is 24.3 Å². The van der Waals surface area contributed by atoms with Gasteiger partial charge in [0.1, 0.15) is 0 Å². The van der Waals surface area contributed by atoms with Gasteiger partial charge >= 0.3 is 0 Å². The van der Waals surface area contributed by atoms with E-state index in [9.17, 15) is 5.21 Å². The highest BCUT2D eigenvalue weighted by Gasteiger charge is 2.03. The van der Waals surface area contributed by atoms with Gasteiger partial charge in [-0.2, -0.15) is 0 Å². The monoisotopic (exact) mass is 166 g/mol. The molecule has 0 heterocycles. The highest BCUT2D eigenvalue weighted by Crippen LogP contribution is 2.14. The van der Waals surface area contributed by atoms with Crippen LogP contribution < -0.4 is 5.43 Å². The summed E-state index contributed by atoms with van der Waals surface area (Å²) in [4.78, 5) is 0. The fraction of sp³-hybridized carbons (Fsp3) is 0.333. The van der Waals surface area contributed by atoms with Crippen LogP contribution in [-0.2, 0) is 0 Å². The molecule has 0 unspecified atom stereocenters. The van der Waals surface area contributed by atoms with Gasteiger partial charge in [-0.05, 0) is 18.6 Å². The molecule has 12 heavy (non-hydrogen) atoms. The molecule has 0 aliphatic rings. The Morgan fingerprint density at radius 1 is 1.25 bits per heavy atom. The molecule has 0 fully saturated rings. The van der Waals surface area contributed by atoms with E-state index < -0.39 is 4.76 Å². The zero-order valence-corrected chi connectivity index (χ0v) is 7.66. The summed E-state index contributed by atoms with van der Waals surface area (Å²) < 4.78 is -0.509. The third-order valence-electron chi connectivity index (χ3n) is 1.53. The maximum absolute atomic E-state index is 11.3. The molecule has 0 aromatic heterocycles. The Morgan fingerprint density at radius 3 is 2.33 bits per heavy atom. The van der Waals surface area contributed by atoms with Crippen molar-refractivity contribution in [2.24, 2.45) is 0 Å². The van der Waals surface area contributed by atoms with Gasteiger partial charge in [0.25, 0.3) is 0 Å². The molecular weight excluding hydrogens is 152 g/mol. The Labute approximate surface area is 72.8 Å². The predicted octanol–water partition coefficient (Wildman–Crippen LogP) is 1.90. The Kier molecular flexibility index (Phi) is 2.35. The Morgan fingerprint density at radius 2 is 1.83 bits per heavy atom. The molecule has 0 amide bonds. The fourth-order valence-electron chi connectivity index (χ4n) is 0.988. The lowest BCUT2D eigenvalue weighted by Crippen LogP contribution is -2.38. The molecule has 3 nitrogen and oxygen atoms in total. The molecule has 1 rings (SSSR count). The number of anilines is 1. The number of rotatable bonds is 2.